The van der Waals surface area contributed by atoms with Gasteiger partial charge in [0.25, 0.3) is 0 Å². The first-order valence-corrected chi connectivity index (χ1v) is 5.72. The Balaban J connectivity index is 2.55. The molecule has 1 saturated heterocycles. The smallest absolute Gasteiger partial charge is 0.0221 e. The van der Waals surface area contributed by atoms with Crippen LogP contribution in [0.15, 0.2) is 0 Å². The molecule has 0 saturated carbocycles. The monoisotopic (exact) mass is 184 g/mol. The summed E-state index contributed by atoms with van der Waals surface area (Å²) in [6.45, 7) is 8.09. The largest absolute Gasteiger partial charge is 0.326 e. The molecule has 1 heterocycles. The molecular weight excluding hydrogens is 160 g/mol. The Labute approximate surface area is 82.5 Å². The van der Waals surface area contributed by atoms with Crippen LogP contribution in [0.3, 0.4) is 0 Å². The predicted molar refractivity (Wildman–Crippen MR) is 57.7 cm³/mol. The zero-order valence-corrected chi connectivity index (χ0v) is 9.29. The van der Waals surface area contributed by atoms with Gasteiger partial charge in [-0.05, 0) is 39.2 Å². The number of nitrogens with two attached hydrogens (primary N) is 1. The molecule has 0 aromatic rings. The molecule has 1 rings (SSSR count). The van der Waals surface area contributed by atoms with Crippen molar-refractivity contribution >= 4 is 0 Å². The zero-order chi connectivity index (χ0) is 9.84. The average molecular weight is 184 g/mol. The Hall–Kier alpha value is -0.0800. The summed E-state index contributed by atoms with van der Waals surface area (Å²) in [4.78, 5) is 2.61. The van der Waals surface area contributed by atoms with Gasteiger partial charge in [0.05, 0.1) is 0 Å². The van der Waals surface area contributed by atoms with Crippen molar-refractivity contribution in [3.8, 4) is 0 Å². The van der Waals surface area contributed by atoms with E-state index in [1.165, 1.54) is 32.2 Å². The second-order valence-corrected chi connectivity index (χ2v) is 4.25. The summed E-state index contributed by atoms with van der Waals surface area (Å²) in [6.07, 6.45) is 5.00. The first kappa shape index (κ1) is 11.0. The van der Waals surface area contributed by atoms with Gasteiger partial charge in [0.15, 0.2) is 0 Å². The maximum atomic E-state index is 6.07. The fourth-order valence-electron chi connectivity index (χ4n) is 2.47. The first-order chi connectivity index (χ1) is 6.20. The molecule has 2 N–H and O–H groups in total. The van der Waals surface area contributed by atoms with Gasteiger partial charge in [-0.1, -0.05) is 13.8 Å². The molecule has 2 atom stereocenters. The summed E-state index contributed by atoms with van der Waals surface area (Å²) in [6, 6.07) is 1.73. The quantitative estimate of drug-likeness (QED) is 0.727. The standard InChI is InChI=1S/C11H24N2/c1-4-10(5-2)13-8-6-7-11(12)9(13)3/h9-11H,4-8,12H2,1-3H3/t9-,11-/m1/s1. The van der Waals surface area contributed by atoms with Crippen LogP contribution in [0.25, 0.3) is 0 Å². The fourth-order valence-corrected chi connectivity index (χ4v) is 2.47. The van der Waals surface area contributed by atoms with Crippen molar-refractivity contribution in [3.63, 3.8) is 0 Å². The molecule has 0 aliphatic carbocycles. The minimum Gasteiger partial charge on any atom is -0.326 e. The normalized spacial score (nSPS) is 31.2. The van der Waals surface area contributed by atoms with Gasteiger partial charge in [0.2, 0.25) is 0 Å². The lowest BCUT2D eigenvalue weighted by Crippen LogP contribution is -2.53. The minimum absolute atomic E-state index is 0.398. The Kier molecular flexibility index (Phi) is 4.20. The highest BCUT2D eigenvalue weighted by Gasteiger charge is 2.28. The molecule has 0 aromatic heterocycles. The van der Waals surface area contributed by atoms with E-state index < -0.39 is 0 Å². The second-order valence-electron chi connectivity index (χ2n) is 4.25. The van der Waals surface area contributed by atoms with Crippen molar-refractivity contribution < 1.29 is 0 Å². The molecule has 1 fully saturated rings. The highest BCUT2D eigenvalue weighted by Crippen LogP contribution is 2.21. The molecule has 13 heavy (non-hydrogen) atoms. The van der Waals surface area contributed by atoms with Crippen molar-refractivity contribution in [2.24, 2.45) is 5.73 Å². The Bertz CT molecular complexity index is 141. The fraction of sp³-hybridized carbons (Fsp3) is 1.00. The number of nitrogens with zero attached hydrogens (tertiary/aromatic N) is 1. The summed E-state index contributed by atoms with van der Waals surface area (Å²) in [7, 11) is 0. The first-order valence-electron chi connectivity index (χ1n) is 5.72. The molecule has 0 bridgehead atoms. The summed E-state index contributed by atoms with van der Waals surface area (Å²) in [5.41, 5.74) is 6.07. The maximum Gasteiger partial charge on any atom is 0.0221 e. The lowest BCUT2D eigenvalue weighted by atomic mass is 9.95. The van der Waals surface area contributed by atoms with E-state index in [9.17, 15) is 0 Å². The molecule has 0 amide bonds. The van der Waals surface area contributed by atoms with Gasteiger partial charge in [-0.25, -0.2) is 0 Å². The number of rotatable bonds is 3. The van der Waals surface area contributed by atoms with Crippen LogP contribution in [-0.4, -0.2) is 29.6 Å². The Morgan fingerprint density at radius 2 is 2.00 bits per heavy atom. The van der Waals surface area contributed by atoms with E-state index >= 15 is 0 Å². The SMILES string of the molecule is CCC(CC)N1CCC[C@@H](N)[C@H]1C. The van der Waals surface area contributed by atoms with E-state index in [0.29, 0.717) is 12.1 Å². The molecule has 0 aromatic carbocycles. The lowest BCUT2D eigenvalue weighted by molar-refractivity contribution is 0.0851. The van der Waals surface area contributed by atoms with E-state index in [-0.39, 0.29) is 0 Å². The highest BCUT2D eigenvalue weighted by molar-refractivity contribution is 4.86. The van der Waals surface area contributed by atoms with Crippen molar-refractivity contribution in [2.45, 2.75) is 64.6 Å². The van der Waals surface area contributed by atoms with Crippen molar-refractivity contribution in [2.75, 3.05) is 6.54 Å². The topological polar surface area (TPSA) is 29.3 Å². The van der Waals surface area contributed by atoms with Gasteiger partial charge in [0.1, 0.15) is 0 Å². The van der Waals surface area contributed by atoms with Gasteiger partial charge >= 0.3 is 0 Å². The predicted octanol–water partition coefficient (Wildman–Crippen LogP) is 1.99. The van der Waals surface area contributed by atoms with Crippen LogP contribution >= 0.6 is 0 Å². The van der Waals surface area contributed by atoms with E-state index in [0.717, 1.165) is 6.04 Å². The zero-order valence-electron chi connectivity index (χ0n) is 9.29. The second kappa shape index (κ2) is 4.97. The molecular formula is C11H24N2. The van der Waals surface area contributed by atoms with Crippen molar-refractivity contribution in [1.29, 1.82) is 0 Å². The van der Waals surface area contributed by atoms with Crippen molar-refractivity contribution in [1.82, 2.24) is 4.90 Å². The van der Waals surface area contributed by atoms with Gasteiger partial charge < -0.3 is 5.73 Å². The van der Waals surface area contributed by atoms with Crippen LogP contribution in [0, 0.1) is 0 Å². The minimum atomic E-state index is 0.398. The highest BCUT2D eigenvalue weighted by atomic mass is 15.2. The molecule has 0 spiro atoms. The van der Waals surface area contributed by atoms with E-state index in [4.69, 9.17) is 5.73 Å². The molecule has 2 nitrogen and oxygen atoms in total. The van der Waals surface area contributed by atoms with Crippen LogP contribution in [0.2, 0.25) is 0 Å². The van der Waals surface area contributed by atoms with Gasteiger partial charge in [-0.3, -0.25) is 4.90 Å². The molecule has 1 aliphatic rings. The average Bonchev–Trinajstić information content (AvgIpc) is 2.14. The van der Waals surface area contributed by atoms with E-state index in [1.54, 1.807) is 0 Å². The van der Waals surface area contributed by atoms with Crippen LogP contribution < -0.4 is 5.73 Å². The third-order valence-electron chi connectivity index (χ3n) is 3.51. The van der Waals surface area contributed by atoms with E-state index in [2.05, 4.69) is 25.7 Å². The number of piperidine rings is 1. The number of hydrogen-bond acceptors (Lipinski definition) is 2. The third-order valence-corrected chi connectivity index (χ3v) is 3.51. The van der Waals surface area contributed by atoms with Crippen molar-refractivity contribution in [3.05, 3.63) is 0 Å². The Morgan fingerprint density at radius 1 is 1.38 bits per heavy atom. The molecule has 0 unspecified atom stereocenters. The molecule has 1 aliphatic heterocycles. The van der Waals surface area contributed by atoms with Gasteiger partial charge in [-0.15, -0.1) is 0 Å². The number of hydrogen-bond donors (Lipinski definition) is 1. The molecule has 2 heteroatoms. The van der Waals surface area contributed by atoms with Crippen LogP contribution in [0.1, 0.15) is 46.5 Å². The van der Waals surface area contributed by atoms with Gasteiger partial charge in [0, 0.05) is 18.1 Å². The summed E-state index contributed by atoms with van der Waals surface area (Å²) in [5, 5.41) is 0. The summed E-state index contributed by atoms with van der Waals surface area (Å²) >= 11 is 0. The lowest BCUT2D eigenvalue weighted by Gasteiger charge is -2.42. The van der Waals surface area contributed by atoms with Crippen LogP contribution in [0.5, 0.6) is 0 Å². The molecule has 78 valence electrons. The summed E-state index contributed by atoms with van der Waals surface area (Å²) < 4.78 is 0. The van der Waals surface area contributed by atoms with Crippen LogP contribution in [-0.2, 0) is 0 Å². The molecule has 0 radical (unpaired) electrons. The summed E-state index contributed by atoms with van der Waals surface area (Å²) in [5.74, 6) is 0. The maximum absolute atomic E-state index is 6.07. The third kappa shape index (κ3) is 2.44. The number of likely N-dealkylation sites (tertiary alicyclic amines) is 1. The Morgan fingerprint density at radius 3 is 2.54 bits per heavy atom. The van der Waals surface area contributed by atoms with Crippen LogP contribution in [0.4, 0.5) is 0 Å². The van der Waals surface area contributed by atoms with Gasteiger partial charge in [-0.2, -0.15) is 0 Å². The van der Waals surface area contributed by atoms with E-state index in [1.807, 2.05) is 0 Å².